The lowest BCUT2D eigenvalue weighted by Crippen LogP contribution is -2.04. The summed E-state index contributed by atoms with van der Waals surface area (Å²) in [5, 5.41) is 0. The van der Waals surface area contributed by atoms with E-state index in [1.165, 1.54) is 30.6 Å². The molecule has 96 valence electrons. The Balaban J connectivity index is 3.10. The fourth-order valence-electron chi connectivity index (χ4n) is 1.22. The first-order chi connectivity index (χ1) is 8.71. The molecule has 0 heterocycles. The normalized spacial score (nSPS) is 10.9. The molecule has 0 aliphatic heterocycles. The summed E-state index contributed by atoms with van der Waals surface area (Å²) in [4.78, 5) is 16.0. The van der Waals surface area contributed by atoms with E-state index < -0.39 is 5.97 Å². The molecule has 0 saturated carbocycles. The molecule has 0 aliphatic carbocycles. The number of nitrogens with zero attached hydrogens (tertiary/aromatic N) is 1. The van der Waals surface area contributed by atoms with E-state index in [1.54, 1.807) is 6.08 Å². The number of thioether (sulfide) groups is 2. The van der Waals surface area contributed by atoms with Gasteiger partial charge in [0.15, 0.2) is 5.70 Å². The molecule has 0 amide bonds. The Morgan fingerprint density at radius 1 is 1.22 bits per heavy atom. The number of aliphatic imine (C=N–C) groups is 1. The van der Waals surface area contributed by atoms with Crippen molar-refractivity contribution in [1.29, 1.82) is 0 Å². The van der Waals surface area contributed by atoms with Gasteiger partial charge in [-0.3, -0.25) is 0 Å². The molecule has 3 nitrogen and oxygen atoms in total. The minimum Gasteiger partial charge on any atom is -0.464 e. The third-order valence-electron chi connectivity index (χ3n) is 2.06. The Morgan fingerprint density at radius 2 is 1.83 bits per heavy atom. The number of esters is 1. The van der Waals surface area contributed by atoms with Crippen molar-refractivity contribution in [3.8, 4) is 0 Å². The fourth-order valence-corrected chi connectivity index (χ4v) is 2.27. The van der Waals surface area contributed by atoms with E-state index in [-0.39, 0.29) is 0 Å². The van der Waals surface area contributed by atoms with Crippen LogP contribution in [0, 0.1) is 0 Å². The van der Waals surface area contributed by atoms with Gasteiger partial charge >= 0.3 is 5.97 Å². The van der Waals surface area contributed by atoms with Gasteiger partial charge in [-0.15, -0.1) is 23.5 Å². The molecule has 0 radical (unpaired) electrons. The summed E-state index contributed by atoms with van der Waals surface area (Å²) in [6, 6.07) is 9.57. The highest BCUT2D eigenvalue weighted by molar-refractivity contribution is 8.38. The third kappa shape index (κ3) is 4.58. The number of methoxy groups -OCH3 is 1. The number of ether oxygens (including phenoxy) is 1. The molecule has 0 spiro atoms. The van der Waals surface area contributed by atoms with Crippen LogP contribution in [0.2, 0.25) is 0 Å². The van der Waals surface area contributed by atoms with Crippen molar-refractivity contribution >= 4 is 39.9 Å². The second-order valence-electron chi connectivity index (χ2n) is 3.22. The quantitative estimate of drug-likeness (QED) is 0.369. The van der Waals surface area contributed by atoms with Gasteiger partial charge in [-0.2, -0.15) is 0 Å². The molecule has 0 fully saturated rings. The zero-order valence-electron chi connectivity index (χ0n) is 10.5. The van der Waals surface area contributed by atoms with Crippen LogP contribution in [-0.4, -0.2) is 30.0 Å². The van der Waals surface area contributed by atoms with Crippen LogP contribution in [0.5, 0.6) is 0 Å². The SMILES string of the molecule is COC(=O)/C(=C\c1ccccc1)N=C(SC)SC. The van der Waals surface area contributed by atoms with Crippen LogP contribution >= 0.6 is 23.5 Å². The molecular formula is C13H15NO2S2. The highest BCUT2D eigenvalue weighted by atomic mass is 32.2. The first-order valence-electron chi connectivity index (χ1n) is 5.23. The largest absolute Gasteiger partial charge is 0.464 e. The van der Waals surface area contributed by atoms with Gasteiger partial charge in [0.1, 0.15) is 4.38 Å². The van der Waals surface area contributed by atoms with E-state index in [4.69, 9.17) is 4.74 Å². The van der Waals surface area contributed by atoms with E-state index >= 15 is 0 Å². The molecular weight excluding hydrogens is 266 g/mol. The summed E-state index contributed by atoms with van der Waals surface area (Å²) in [7, 11) is 1.36. The second kappa shape index (κ2) is 8.00. The first-order valence-corrected chi connectivity index (χ1v) is 7.68. The maximum Gasteiger partial charge on any atom is 0.356 e. The number of hydrogen-bond acceptors (Lipinski definition) is 5. The predicted molar refractivity (Wildman–Crippen MR) is 80.9 cm³/mol. The Labute approximate surface area is 116 Å². The minimum absolute atomic E-state index is 0.308. The highest BCUT2D eigenvalue weighted by Gasteiger charge is 2.10. The van der Waals surface area contributed by atoms with Gasteiger partial charge in [0.2, 0.25) is 0 Å². The number of benzene rings is 1. The standard InChI is InChI=1S/C13H15NO2S2/c1-16-12(15)11(14-13(17-2)18-3)9-10-7-5-4-6-8-10/h4-9H,1-3H3/b11-9+. The summed E-state index contributed by atoms with van der Waals surface area (Å²) in [6.07, 6.45) is 5.57. The zero-order valence-corrected chi connectivity index (χ0v) is 12.2. The molecule has 0 unspecified atom stereocenters. The summed E-state index contributed by atoms with van der Waals surface area (Å²) in [6.45, 7) is 0. The Morgan fingerprint density at radius 3 is 2.33 bits per heavy atom. The summed E-state index contributed by atoms with van der Waals surface area (Å²) < 4.78 is 5.56. The Hall–Kier alpha value is -1.20. The number of carbonyl (C=O) groups is 1. The predicted octanol–water partition coefficient (Wildman–Crippen LogP) is 3.28. The second-order valence-corrected chi connectivity index (χ2v) is 5.07. The van der Waals surface area contributed by atoms with Gasteiger partial charge in [-0.1, -0.05) is 30.3 Å². The first kappa shape index (κ1) is 14.9. The molecule has 1 rings (SSSR count). The van der Waals surface area contributed by atoms with Crippen LogP contribution in [0.4, 0.5) is 0 Å². The average Bonchev–Trinajstić information content (AvgIpc) is 2.43. The molecule has 0 saturated heterocycles. The van der Waals surface area contributed by atoms with E-state index in [2.05, 4.69) is 4.99 Å². The number of carbonyl (C=O) groups excluding carboxylic acids is 1. The van der Waals surface area contributed by atoms with E-state index in [0.29, 0.717) is 5.70 Å². The van der Waals surface area contributed by atoms with Crippen molar-refractivity contribution in [3.05, 3.63) is 41.6 Å². The topological polar surface area (TPSA) is 38.7 Å². The van der Waals surface area contributed by atoms with Gasteiger partial charge in [-0.25, -0.2) is 9.79 Å². The van der Waals surface area contributed by atoms with Gasteiger partial charge in [0, 0.05) is 0 Å². The van der Waals surface area contributed by atoms with Gasteiger partial charge in [0.25, 0.3) is 0 Å². The van der Waals surface area contributed by atoms with Crippen molar-refractivity contribution in [3.63, 3.8) is 0 Å². The van der Waals surface area contributed by atoms with Crippen molar-refractivity contribution in [2.45, 2.75) is 0 Å². The maximum absolute atomic E-state index is 11.7. The molecule has 1 aromatic carbocycles. The van der Waals surface area contributed by atoms with E-state index in [1.807, 2.05) is 42.8 Å². The van der Waals surface area contributed by atoms with Gasteiger partial charge in [-0.05, 0) is 24.2 Å². The van der Waals surface area contributed by atoms with Crippen LogP contribution in [0.3, 0.4) is 0 Å². The Kier molecular flexibility index (Phi) is 6.60. The summed E-state index contributed by atoms with van der Waals surface area (Å²) >= 11 is 3.00. The number of rotatable bonds is 3. The van der Waals surface area contributed by atoms with Gasteiger partial charge < -0.3 is 4.74 Å². The highest BCUT2D eigenvalue weighted by Crippen LogP contribution is 2.16. The van der Waals surface area contributed by atoms with Crippen molar-refractivity contribution < 1.29 is 9.53 Å². The van der Waals surface area contributed by atoms with Crippen LogP contribution < -0.4 is 0 Å². The molecule has 5 heteroatoms. The monoisotopic (exact) mass is 281 g/mol. The van der Waals surface area contributed by atoms with Crippen molar-refractivity contribution in [2.75, 3.05) is 19.6 Å². The summed E-state index contributed by atoms with van der Waals surface area (Å²) in [5.41, 5.74) is 1.23. The van der Waals surface area contributed by atoms with Crippen LogP contribution in [-0.2, 0) is 9.53 Å². The number of hydrogen-bond donors (Lipinski definition) is 0. The Bertz CT molecular complexity index is 449. The molecule has 1 aromatic rings. The van der Waals surface area contributed by atoms with Crippen molar-refractivity contribution in [2.24, 2.45) is 4.99 Å². The van der Waals surface area contributed by atoms with E-state index in [9.17, 15) is 4.79 Å². The summed E-state index contributed by atoms with van der Waals surface area (Å²) in [5.74, 6) is -0.431. The maximum atomic E-state index is 11.7. The lowest BCUT2D eigenvalue weighted by atomic mass is 10.2. The van der Waals surface area contributed by atoms with Crippen molar-refractivity contribution in [1.82, 2.24) is 0 Å². The van der Waals surface area contributed by atoms with Crippen LogP contribution in [0.25, 0.3) is 6.08 Å². The van der Waals surface area contributed by atoms with E-state index in [0.717, 1.165) is 9.94 Å². The molecule has 0 N–H and O–H groups in total. The molecule has 18 heavy (non-hydrogen) atoms. The van der Waals surface area contributed by atoms with Gasteiger partial charge in [0.05, 0.1) is 7.11 Å². The zero-order chi connectivity index (χ0) is 13.4. The molecule has 0 aromatic heterocycles. The van der Waals surface area contributed by atoms with Crippen LogP contribution in [0.15, 0.2) is 41.0 Å². The molecule has 0 atom stereocenters. The minimum atomic E-state index is -0.431. The van der Waals surface area contributed by atoms with Crippen LogP contribution in [0.1, 0.15) is 5.56 Å². The smallest absolute Gasteiger partial charge is 0.356 e. The fraction of sp³-hybridized carbons (Fsp3) is 0.231. The lowest BCUT2D eigenvalue weighted by Gasteiger charge is -2.03. The average molecular weight is 281 g/mol. The molecule has 0 bridgehead atoms. The lowest BCUT2D eigenvalue weighted by molar-refractivity contribution is -0.136. The third-order valence-corrected chi connectivity index (χ3v) is 3.94. The molecule has 0 aliphatic rings.